The van der Waals surface area contributed by atoms with Crippen LogP contribution in [0.25, 0.3) is 0 Å². The zero-order valence-corrected chi connectivity index (χ0v) is 12.2. The molecule has 1 aromatic carbocycles. The first-order valence-electron chi connectivity index (χ1n) is 6.53. The van der Waals surface area contributed by atoms with E-state index >= 15 is 0 Å². The summed E-state index contributed by atoms with van der Waals surface area (Å²) in [5.74, 6) is -2.73. The van der Waals surface area contributed by atoms with Gasteiger partial charge in [0.25, 0.3) is 5.91 Å². The summed E-state index contributed by atoms with van der Waals surface area (Å²) in [6.45, 7) is -0.593. The molecule has 0 saturated heterocycles. The molecular weight excluding hydrogens is 317 g/mol. The number of likely N-dealkylation sites (N-methyl/N-ethyl adjacent to an activating group) is 1. The number of hydrogen-bond acceptors (Lipinski definition) is 3. The summed E-state index contributed by atoms with van der Waals surface area (Å²) in [6.07, 6.45) is -4.96. The SMILES string of the molecule is CN(CCC(=O)O)C(=O)CNC(=O)c1ccccc1C(F)(F)F. The van der Waals surface area contributed by atoms with E-state index in [1.165, 1.54) is 13.1 Å². The van der Waals surface area contributed by atoms with Crippen LogP contribution in [-0.4, -0.2) is 47.9 Å². The van der Waals surface area contributed by atoms with Crippen LogP contribution in [0.4, 0.5) is 13.2 Å². The minimum Gasteiger partial charge on any atom is -0.481 e. The average molecular weight is 332 g/mol. The molecule has 0 aliphatic heterocycles. The molecular formula is C14H15F3N2O4. The number of benzene rings is 1. The summed E-state index contributed by atoms with van der Waals surface area (Å²) in [4.78, 5) is 35.0. The Hall–Kier alpha value is -2.58. The van der Waals surface area contributed by atoms with Crippen LogP contribution in [0.1, 0.15) is 22.3 Å². The lowest BCUT2D eigenvalue weighted by Gasteiger charge is -2.17. The molecule has 0 fully saturated rings. The van der Waals surface area contributed by atoms with Crippen molar-refractivity contribution in [3.63, 3.8) is 0 Å². The Labute approximate surface area is 129 Å². The zero-order chi connectivity index (χ0) is 17.6. The van der Waals surface area contributed by atoms with Crippen LogP contribution >= 0.6 is 0 Å². The van der Waals surface area contributed by atoms with Gasteiger partial charge in [-0.25, -0.2) is 0 Å². The van der Waals surface area contributed by atoms with Gasteiger partial charge >= 0.3 is 12.1 Å². The number of amides is 2. The number of halogens is 3. The summed E-state index contributed by atoms with van der Waals surface area (Å²) in [5, 5.41) is 10.6. The number of carboxylic acids is 1. The number of carboxylic acid groups (broad SMARTS) is 1. The molecule has 0 saturated carbocycles. The normalized spacial score (nSPS) is 11.0. The van der Waals surface area contributed by atoms with E-state index in [0.717, 1.165) is 23.1 Å². The summed E-state index contributed by atoms with van der Waals surface area (Å²) < 4.78 is 38.4. The fourth-order valence-electron chi connectivity index (χ4n) is 1.70. The van der Waals surface area contributed by atoms with Crippen molar-refractivity contribution in [2.24, 2.45) is 0 Å². The second kappa shape index (κ2) is 7.61. The van der Waals surface area contributed by atoms with Crippen LogP contribution in [0, 0.1) is 0 Å². The van der Waals surface area contributed by atoms with Crippen molar-refractivity contribution in [2.45, 2.75) is 12.6 Å². The number of alkyl halides is 3. The third-order valence-electron chi connectivity index (χ3n) is 2.96. The van der Waals surface area contributed by atoms with Gasteiger partial charge in [-0.15, -0.1) is 0 Å². The van der Waals surface area contributed by atoms with Gasteiger partial charge in [-0.3, -0.25) is 14.4 Å². The molecule has 2 amide bonds. The van der Waals surface area contributed by atoms with Crippen molar-refractivity contribution in [2.75, 3.05) is 20.1 Å². The van der Waals surface area contributed by atoms with Crippen molar-refractivity contribution in [3.05, 3.63) is 35.4 Å². The van der Waals surface area contributed by atoms with Gasteiger partial charge in [0.2, 0.25) is 5.91 Å². The fourth-order valence-corrected chi connectivity index (χ4v) is 1.70. The number of nitrogens with one attached hydrogen (secondary N) is 1. The topological polar surface area (TPSA) is 86.7 Å². The second-order valence-corrected chi connectivity index (χ2v) is 4.69. The predicted octanol–water partition coefficient (Wildman–Crippen LogP) is 1.37. The molecule has 0 aliphatic rings. The lowest BCUT2D eigenvalue weighted by atomic mass is 10.1. The smallest absolute Gasteiger partial charge is 0.417 e. The summed E-state index contributed by atoms with van der Waals surface area (Å²) in [5.41, 5.74) is -1.68. The van der Waals surface area contributed by atoms with Gasteiger partial charge in [0, 0.05) is 13.6 Å². The molecule has 0 unspecified atom stereocenters. The molecule has 23 heavy (non-hydrogen) atoms. The first-order chi connectivity index (χ1) is 10.6. The highest BCUT2D eigenvalue weighted by Crippen LogP contribution is 2.31. The molecule has 2 N–H and O–H groups in total. The number of hydrogen-bond donors (Lipinski definition) is 2. The van der Waals surface area contributed by atoms with Gasteiger partial charge in [-0.05, 0) is 12.1 Å². The van der Waals surface area contributed by atoms with Gasteiger partial charge in [0.05, 0.1) is 24.1 Å². The van der Waals surface area contributed by atoms with Crippen LogP contribution in [0.15, 0.2) is 24.3 Å². The van der Waals surface area contributed by atoms with E-state index in [-0.39, 0.29) is 13.0 Å². The van der Waals surface area contributed by atoms with Crippen LogP contribution < -0.4 is 5.32 Å². The third kappa shape index (κ3) is 5.61. The standard InChI is InChI=1S/C14H15F3N2O4/c1-19(7-6-12(21)22)11(20)8-18-13(23)9-4-2-3-5-10(9)14(15,16)17/h2-5H,6-8H2,1H3,(H,18,23)(H,21,22). The van der Waals surface area contributed by atoms with Crippen molar-refractivity contribution in [3.8, 4) is 0 Å². The van der Waals surface area contributed by atoms with E-state index < -0.39 is 41.6 Å². The second-order valence-electron chi connectivity index (χ2n) is 4.69. The molecule has 0 aromatic heterocycles. The van der Waals surface area contributed by atoms with Gasteiger partial charge in [0.1, 0.15) is 0 Å². The highest BCUT2D eigenvalue weighted by molar-refractivity contribution is 5.97. The number of carbonyl (C=O) groups excluding carboxylic acids is 2. The molecule has 0 spiro atoms. The molecule has 6 nitrogen and oxygen atoms in total. The Morgan fingerprint density at radius 1 is 1.22 bits per heavy atom. The third-order valence-corrected chi connectivity index (χ3v) is 2.96. The average Bonchev–Trinajstić information content (AvgIpc) is 2.48. The molecule has 0 radical (unpaired) electrons. The molecule has 0 heterocycles. The van der Waals surface area contributed by atoms with Crippen molar-refractivity contribution >= 4 is 17.8 Å². The summed E-state index contributed by atoms with van der Waals surface area (Å²) in [6, 6.07) is 4.22. The molecule has 0 atom stereocenters. The Bertz CT molecular complexity index is 602. The zero-order valence-electron chi connectivity index (χ0n) is 12.2. The molecule has 126 valence electrons. The molecule has 9 heteroatoms. The monoisotopic (exact) mass is 332 g/mol. The van der Waals surface area contributed by atoms with E-state index in [1.54, 1.807) is 0 Å². The Morgan fingerprint density at radius 2 is 1.83 bits per heavy atom. The minimum atomic E-state index is -4.68. The largest absolute Gasteiger partial charge is 0.481 e. The van der Waals surface area contributed by atoms with Crippen molar-refractivity contribution in [1.29, 1.82) is 0 Å². The Kier molecular flexibility index (Phi) is 6.11. The van der Waals surface area contributed by atoms with Crippen molar-refractivity contribution < 1.29 is 32.7 Å². The number of aliphatic carboxylic acids is 1. The molecule has 1 rings (SSSR count). The van der Waals surface area contributed by atoms with E-state index in [9.17, 15) is 27.6 Å². The molecule has 0 bridgehead atoms. The Balaban J connectivity index is 2.68. The minimum absolute atomic E-state index is 0.0663. The summed E-state index contributed by atoms with van der Waals surface area (Å²) in [7, 11) is 1.33. The van der Waals surface area contributed by atoms with Gasteiger partial charge in [0.15, 0.2) is 0 Å². The Morgan fingerprint density at radius 3 is 2.39 bits per heavy atom. The molecule has 0 aliphatic carbocycles. The van der Waals surface area contributed by atoms with Gasteiger partial charge in [-0.2, -0.15) is 13.2 Å². The van der Waals surface area contributed by atoms with Crippen molar-refractivity contribution in [1.82, 2.24) is 10.2 Å². The van der Waals surface area contributed by atoms with E-state index in [2.05, 4.69) is 5.32 Å². The highest BCUT2D eigenvalue weighted by Gasteiger charge is 2.34. The van der Waals surface area contributed by atoms with Gasteiger partial charge < -0.3 is 15.3 Å². The number of carbonyl (C=O) groups is 3. The lowest BCUT2D eigenvalue weighted by molar-refractivity contribution is -0.139. The maximum Gasteiger partial charge on any atom is 0.417 e. The van der Waals surface area contributed by atoms with Crippen LogP contribution in [0.2, 0.25) is 0 Å². The lowest BCUT2D eigenvalue weighted by Crippen LogP contribution is -2.39. The van der Waals surface area contributed by atoms with Crippen LogP contribution in [-0.2, 0) is 15.8 Å². The van der Waals surface area contributed by atoms with E-state index in [1.807, 2.05) is 0 Å². The molecule has 1 aromatic rings. The predicted molar refractivity (Wildman–Crippen MR) is 73.7 cm³/mol. The maximum atomic E-state index is 12.8. The first kappa shape index (κ1) is 18.5. The fraction of sp³-hybridized carbons (Fsp3) is 0.357. The first-order valence-corrected chi connectivity index (χ1v) is 6.53. The van der Waals surface area contributed by atoms with Crippen LogP contribution in [0.3, 0.4) is 0 Å². The number of rotatable bonds is 6. The maximum absolute atomic E-state index is 12.8. The van der Waals surface area contributed by atoms with E-state index in [4.69, 9.17) is 5.11 Å². The highest BCUT2D eigenvalue weighted by atomic mass is 19.4. The van der Waals surface area contributed by atoms with Crippen LogP contribution in [0.5, 0.6) is 0 Å². The summed E-state index contributed by atoms with van der Waals surface area (Å²) >= 11 is 0. The quantitative estimate of drug-likeness (QED) is 0.824. The number of nitrogens with zero attached hydrogens (tertiary/aromatic N) is 1. The van der Waals surface area contributed by atoms with Gasteiger partial charge in [-0.1, -0.05) is 12.1 Å². The van der Waals surface area contributed by atoms with E-state index in [0.29, 0.717) is 0 Å².